The van der Waals surface area contributed by atoms with Gasteiger partial charge in [-0.25, -0.2) is 0 Å². The second-order valence-electron chi connectivity index (χ2n) is 5.30. The van der Waals surface area contributed by atoms with Gasteiger partial charge < -0.3 is 19.5 Å². The highest BCUT2D eigenvalue weighted by Crippen LogP contribution is 2.39. The van der Waals surface area contributed by atoms with E-state index in [2.05, 4.69) is 10.4 Å². The summed E-state index contributed by atoms with van der Waals surface area (Å²) in [6.45, 7) is 2.86. The Morgan fingerprint density at radius 2 is 1.92 bits per heavy atom. The van der Waals surface area contributed by atoms with E-state index in [1.165, 1.54) is 0 Å². The molecule has 1 heterocycles. The number of rotatable bonds is 8. The molecular formula is C17H23N3O4. The van der Waals surface area contributed by atoms with Crippen molar-refractivity contribution in [2.45, 2.75) is 26.4 Å². The van der Waals surface area contributed by atoms with Crippen molar-refractivity contribution in [1.29, 1.82) is 0 Å². The predicted molar refractivity (Wildman–Crippen MR) is 89.5 cm³/mol. The van der Waals surface area contributed by atoms with E-state index in [0.29, 0.717) is 36.8 Å². The van der Waals surface area contributed by atoms with Crippen molar-refractivity contribution in [3.63, 3.8) is 0 Å². The fourth-order valence-corrected chi connectivity index (χ4v) is 2.39. The number of aryl methyl sites for hydroxylation is 2. The largest absolute Gasteiger partial charge is 0.493 e. The van der Waals surface area contributed by atoms with Crippen molar-refractivity contribution in [2.24, 2.45) is 0 Å². The first kappa shape index (κ1) is 17.7. The summed E-state index contributed by atoms with van der Waals surface area (Å²) in [4.78, 5) is 12.0. The van der Waals surface area contributed by atoms with Crippen LogP contribution in [0, 0.1) is 6.92 Å². The molecule has 2 aromatic rings. The monoisotopic (exact) mass is 333 g/mol. The van der Waals surface area contributed by atoms with Crippen molar-refractivity contribution in [3.05, 3.63) is 35.7 Å². The molecule has 0 bridgehead atoms. The summed E-state index contributed by atoms with van der Waals surface area (Å²) >= 11 is 0. The summed E-state index contributed by atoms with van der Waals surface area (Å²) in [5, 5.41) is 7.04. The van der Waals surface area contributed by atoms with E-state index in [1.54, 1.807) is 38.3 Å². The average molecular weight is 333 g/mol. The standard InChI is InChI=1S/C17H23N3O4/c1-12-9-19-20(11-12)8-7-15(21)18-10-13-5-6-14(22-2)17(24-4)16(13)23-3/h5-6,9,11H,7-8,10H2,1-4H3,(H,18,21). The van der Waals surface area contributed by atoms with Crippen LogP contribution in [0.4, 0.5) is 0 Å². The summed E-state index contributed by atoms with van der Waals surface area (Å²) in [5.41, 5.74) is 1.89. The lowest BCUT2D eigenvalue weighted by atomic mass is 10.1. The first-order valence-electron chi connectivity index (χ1n) is 7.62. The van der Waals surface area contributed by atoms with Crippen LogP contribution in [0.5, 0.6) is 17.2 Å². The molecular weight excluding hydrogens is 310 g/mol. The number of hydrogen-bond donors (Lipinski definition) is 1. The van der Waals surface area contributed by atoms with Gasteiger partial charge >= 0.3 is 0 Å². The Morgan fingerprint density at radius 3 is 2.50 bits per heavy atom. The molecule has 1 amide bonds. The smallest absolute Gasteiger partial charge is 0.222 e. The number of carbonyl (C=O) groups is 1. The summed E-state index contributed by atoms with van der Waals surface area (Å²) in [6.07, 6.45) is 4.04. The van der Waals surface area contributed by atoms with Crippen LogP contribution in [-0.4, -0.2) is 37.0 Å². The Hall–Kier alpha value is -2.70. The van der Waals surface area contributed by atoms with Gasteiger partial charge in [0.05, 0.1) is 27.5 Å². The maximum absolute atomic E-state index is 12.0. The highest BCUT2D eigenvalue weighted by atomic mass is 16.5. The third kappa shape index (κ3) is 4.18. The van der Waals surface area contributed by atoms with Gasteiger partial charge in [0.25, 0.3) is 0 Å². The molecule has 130 valence electrons. The minimum absolute atomic E-state index is 0.0556. The molecule has 0 spiro atoms. The topological polar surface area (TPSA) is 74.6 Å². The molecule has 0 aliphatic rings. The Labute approximate surface area is 141 Å². The molecule has 0 atom stereocenters. The molecule has 7 nitrogen and oxygen atoms in total. The number of hydrogen-bond acceptors (Lipinski definition) is 5. The van der Waals surface area contributed by atoms with Crippen LogP contribution < -0.4 is 19.5 Å². The van der Waals surface area contributed by atoms with Crippen LogP contribution in [0.3, 0.4) is 0 Å². The van der Waals surface area contributed by atoms with Gasteiger partial charge in [-0.3, -0.25) is 9.48 Å². The van der Waals surface area contributed by atoms with Gasteiger partial charge in [0, 0.05) is 31.3 Å². The number of aromatic nitrogens is 2. The van der Waals surface area contributed by atoms with Crippen molar-refractivity contribution in [1.82, 2.24) is 15.1 Å². The predicted octanol–water partition coefficient (Wildman–Crippen LogP) is 1.92. The number of ether oxygens (including phenoxy) is 3. The zero-order chi connectivity index (χ0) is 17.5. The lowest BCUT2D eigenvalue weighted by Crippen LogP contribution is -2.24. The molecule has 0 saturated heterocycles. The van der Waals surface area contributed by atoms with Gasteiger partial charge in [0.15, 0.2) is 11.5 Å². The first-order chi connectivity index (χ1) is 11.6. The molecule has 1 aromatic heterocycles. The number of nitrogens with one attached hydrogen (secondary N) is 1. The van der Waals surface area contributed by atoms with Crippen LogP contribution in [0.25, 0.3) is 0 Å². The second kappa shape index (κ2) is 8.24. The van der Waals surface area contributed by atoms with Crippen molar-refractivity contribution in [2.75, 3.05) is 21.3 Å². The molecule has 0 unspecified atom stereocenters. The van der Waals surface area contributed by atoms with Gasteiger partial charge in [-0.15, -0.1) is 0 Å². The Bertz CT molecular complexity index is 697. The number of carbonyl (C=O) groups excluding carboxylic acids is 1. The van der Waals surface area contributed by atoms with E-state index in [0.717, 1.165) is 11.1 Å². The molecule has 1 aromatic carbocycles. The van der Waals surface area contributed by atoms with E-state index in [1.807, 2.05) is 19.2 Å². The summed E-state index contributed by atoms with van der Waals surface area (Å²) in [5.74, 6) is 1.59. The van der Waals surface area contributed by atoms with Crippen LogP contribution >= 0.6 is 0 Å². The number of benzene rings is 1. The number of methoxy groups -OCH3 is 3. The fraction of sp³-hybridized carbons (Fsp3) is 0.412. The lowest BCUT2D eigenvalue weighted by molar-refractivity contribution is -0.121. The van der Waals surface area contributed by atoms with Crippen molar-refractivity contribution >= 4 is 5.91 Å². The molecule has 2 rings (SSSR count). The van der Waals surface area contributed by atoms with Gasteiger partial charge in [0.1, 0.15) is 0 Å². The minimum Gasteiger partial charge on any atom is -0.493 e. The summed E-state index contributed by atoms with van der Waals surface area (Å²) in [6, 6.07) is 3.63. The summed E-state index contributed by atoms with van der Waals surface area (Å²) < 4.78 is 17.7. The minimum atomic E-state index is -0.0556. The quantitative estimate of drug-likeness (QED) is 0.799. The maximum atomic E-state index is 12.0. The first-order valence-corrected chi connectivity index (χ1v) is 7.62. The number of nitrogens with zero attached hydrogens (tertiary/aromatic N) is 2. The van der Waals surface area contributed by atoms with Crippen molar-refractivity contribution in [3.8, 4) is 17.2 Å². The Balaban J connectivity index is 1.96. The normalized spacial score (nSPS) is 10.3. The molecule has 0 radical (unpaired) electrons. The van der Waals surface area contributed by atoms with Crippen LogP contribution in [-0.2, 0) is 17.9 Å². The zero-order valence-electron chi connectivity index (χ0n) is 14.5. The molecule has 7 heteroatoms. The van der Waals surface area contributed by atoms with E-state index >= 15 is 0 Å². The Morgan fingerprint density at radius 1 is 1.17 bits per heavy atom. The van der Waals surface area contributed by atoms with Crippen molar-refractivity contribution < 1.29 is 19.0 Å². The lowest BCUT2D eigenvalue weighted by Gasteiger charge is -2.16. The molecule has 24 heavy (non-hydrogen) atoms. The zero-order valence-corrected chi connectivity index (χ0v) is 14.5. The fourth-order valence-electron chi connectivity index (χ4n) is 2.39. The molecule has 0 aliphatic heterocycles. The molecule has 0 aliphatic carbocycles. The van der Waals surface area contributed by atoms with E-state index in [-0.39, 0.29) is 5.91 Å². The van der Waals surface area contributed by atoms with Gasteiger partial charge in [0.2, 0.25) is 11.7 Å². The number of amides is 1. The van der Waals surface area contributed by atoms with E-state index in [9.17, 15) is 4.79 Å². The Kier molecular flexibility index (Phi) is 6.06. The van der Waals surface area contributed by atoms with E-state index in [4.69, 9.17) is 14.2 Å². The highest BCUT2D eigenvalue weighted by molar-refractivity contribution is 5.76. The van der Waals surface area contributed by atoms with Gasteiger partial charge in [-0.05, 0) is 24.6 Å². The van der Waals surface area contributed by atoms with Gasteiger partial charge in [-0.1, -0.05) is 0 Å². The van der Waals surface area contributed by atoms with Crippen LogP contribution in [0.2, 0.25) is 0 Å². The highest BCUT2D eigenvalue weighted by Gasteiger charge is 2.16. The second-order valence-corrected chi connectivity index (χ2v) is 5.30. The average Bonchev–Trinajstić information content (AvgIpc) is 3.02. The third-order valence-corrected chi connectivity index (χ3v) is 3.59. The maximum Gasteiger partial charge on any atom is 0.222 e. The van der Waals surface area contributed by atoms with Crippen LogP contribution in [0.15, 0.2) is 24.5 Å². The molecule has 0 fully saturated rings. The molecule has 0 saturated carbocycles. The third-order valence-electron chi connectivity index (χ3n) is 3.59. The SMILES string of the molecule is COc1ccc(CNC(=O)CCn2cc(C)cn2)c(OC)c1OC. The molecule has 1 N–H and O–H groups in total. The van der Waals surface area contributed by atoms with E-state index < -0.39 is 0 Å². The summed E-state index contributed by atoms with van der Waals surface area (Å²) in [7, 11) is 4.67. The van der Waals surface area contributed by atoms with Gasteiger partial charge in [-0.2, -0.15) is 5.10 Å². The van der Waals surface area contributed by atoms with Crippen LogP contribution in [0.1, 0.15) is 17.5 Å².